The van der Waals surface area contributed by atoms with E-state index >= 15 is 0 Å². The fraction of sp³-hybridized carbons (Fsp3) is 0.250. The van der Waals surface area contributed by atoms with Crippen molar-refractivity contribution >= 4 is 5.71 Å². The summed E-state index contributed by atoms with van der Waals surface area (Å²) >= 11 is 0. The zero-order valence-corrected chi connectivity index (χ0v) is 13.8. The second kappa shape index (κ2) is 8.18. The van der Waals surface area contributed by atoms with Crippen LogP contribution in [-0.2, 0) is 12.8 Å². The second-order valence-corrected chi connectivity index (χ2v) is 5.55. The third-order valence-corrected chi connectivity index (χ3v) is 3.57. The summed E-state index contributed by atoms with van der Waals surface area (Å²) in [5.41, 5.74) is 4.49. The number of aromatic nitrogens is 2. The summed E-state index contributed by atoms with van der Waals surface area (Å²) in [7, 11) is 0. The second-order valence-electron chi connectivity index (χ2n) is 5.55. The van der Waals surface area contributed by atoms with Crippen LogP contribution in [0.2, 0.25) is 0 Å². The molecule has 0 radical (unpaired) electrons. The maximum absolute atomic E-state index is 8.10. The number of benzene rings is 1. The van der Waals surface area contributed by atoms with Crippen LogP contribution in [0.15, 0.2) is 61.0 Å². The lowest BCUT2D eigenvalue weighted by atomic mass is 10.0. The highest BCUT2D eigenvalue weighted by molar-refractivity contribution is 6.00. The van der Waals surface area contributed by atoms with Crippen LogP contribution < -0.4 is 0 Å². The number of aryl methyl sites for hydroxylation is 1. The fourth-order valence-corrected chi connectivity index (χ4v) is 2.36. The van der Waals surface area contributed by atoms with Crippen molar-refractivity contribution in [3.05, 3.63) is 72.1 Å². The van der Waals surface area contributed by atoms with Crippen molar-refractivity contribution in [1.29, 1.82) is 5.41 Å². The molecule has 0 atom stereocenters. The van der Waals surface area contributed by atoms with E-state index in [0.717, 1.165) is 40.9 Å². The van der Waals surface area contributed by atoms with E-state index < -0.39 is 0 Å². The van der Waals surface area contributed by atoms with Crippen LogP contribution in [0.5, 0.6) is 0 Å². The van der Waals surface area contributed by atoms with Gasteiger partial charge < -0.3 is 5.41 Å². The molecular weight excluding hydrogens is 282 g/mol. The Morgan fingerprint density at radius 2 is 1.96 bits per heavy atom. The first-order chi connectivity index (χ1) is 11.1. The highest BCUT2D eigenvalue weighted by Gasteiger charge is 2.06. The minimum Gasteiger partial charge on any atom is -0.304 e. The number of nitrogens with zero attached hydrogens (tertiary/aromatic N) is 2. The van der Waals surface area contributed by atoms with Crippen molar-refractivity contribution in [3.63, 3.8) is 0 Å². The summed E-state index contributed by atoms with van der Waals surface area (Å²) in [6.45, 7) is 7.99. The van der Waals surface area contributed by atoms with Crippen molar-refractivity contribution in [3.8, 4) is 11.4 Å². The summed E-state index contributed by atoms with van der Waals surface area (Å²) in [6, 6.07) is 8.06. The molecule has 0 aliphatic carbocycles. The summed E-state index contributed by atoms with van der Waals surface area (Å²) in [5, 5.41) is 8.10. The van der Waals surface area contributed by atoms with Crippen molar-refractivity contribution in [2.45, 2.75) is 33.1 Å². The van der Waals surface area contributed by atoms with Gasteiger partial charge in [-0.05, 0) is 36.1 Å². The van der Waals surface area contributed by atoms with E-state index in [1.165, 1.54) is 0 Å². The molecule has 0 spiro atoms. The van der Waals surface area contributed by atoms with Crippen molar-refractivity contribution in [1.82, 2.24) is 9.97 Å². The molecule has 0 saturated carbocycles. The predicted octanol–water partition coefficient (Wildman–Crippen LogP) is 4.79. The average molecular weight is 305 g/mol. The molecular formula is C20H23N3. The summed E-state index contributed by atoms with van der Waals surface area (Å²) in [4.78, 5) is 8.92. The van der Waals surface area contributed by atoms with E-state index in [0.29, 0.717) is 12.1 Å². The Labute approximate surface area is 138 Å². The van der Waals surface area contributed by atoms with Gasteiger partial charge in [-0.3, -0.25) is 0 Å². The first-order valence-electron chi connectivity index (χ1n) is 7.93. The number of hydrogen-bond acceptors (Lipinski definition) is 3. The molecule has 2 rings (SSSR count). The maximum Gasteiger partial charge on any atom is 0.159 e. The largest absolute Gasteiger partial charge is 0.304 e. The van der Waals surface area contributed by atoms with Crippen molar-refractivity contribution in [2.24, 2.45) is 0 Å². The van der Waals surface area contributed by atoms with Crippen molar-refractivity contribution < 1.29 is 0 Å². The van der Waals surface area contributed by atoms with E-state index in [9.17, 15) is 0 Å². The van der Waals surface area contributed by atoms with Gasteiger partial charge in [-0.1, -0.05) is 50.3 Å². The molecule has 0 amide bonds. The molecule has 0 bridgehead atoms. The molecule has 0 fully saturated rings. The third-order valence-electron chi connectivity index (χ3n) is 3.57. The maximum atomic E-state index is 8.10. The Morgan fingerprint density at radius 3 is 2.61 bits per heavy atom. The Bertz CT molecular complexity index is 712. The van der Waals surface area contributed by atoms with Gasteiger partial charge >= 0.3 is 0 Å². The van der Waals surface area contributed by atoms with Crippen LogP contribution in [0, 0.1) is 5.41 Å². The smallest absolute Gasteiger partial charge is 0.159 e. The molecule has 3 nitrogen and oxygen atoms in total. The summed E-state index contributed by atoms with van der Waals surface area (Å²) in [6.07, 6.45) is 10.2. The Hall–Kier alpha value is -2.55. The van der Waals surface area contributed by atoms with Gasteiger partial charge in [0.1, 0.15) is 0 Å². The standard InChI is InChI=1S/C20H23N3/c1-4-7-15(3)19(21)12-16-9-6-10-18(11-16)20-22-13-17(8-5-2)14-23-20/h4,6-7,9-11,13-14,21H,3,5,8,12H2,1-2H3/b7-4-,21-19?. The molecule has 0 saturated heterocycles. The molecule has 1 heterocycles. The normalized spacial score (nSPS) is 10.9. The Balaban J connectivity index is 2.16. The summed E-state index contributed by atoms with van der Waals surface area (Å²) in [5.74, 6) is 0.727. The lowest BCUT2D eigenvalue weighted by molar-refractivity contribution is 0.902. The van der Waals surface area contributed by atoms with Gasteiger partial charge in [0.2, 0.25) is 0 Å². The van der Waals surface area contributed by atoms with Gasteiger partial charge in [0, 0.05) is 30.1 Å². The molecule has 23 heavy (non-hydrogen) atoms. The first kappa shape index (κ1) is 16.8. The minimum atomic E-state index is 0.527. The van der Waals surface area contributed by atoms with Crippen LogP contribution in [0.3, 0.4) is 0 Å². The topological polar surface area (TPSA) is 49.6 Å². The third kappa shape index (κ3) is 4.71. The molecule has 0 unspecified atom stereocenters. The van der Waals surface area contributed by atoms with E-state index in [4.69, 9.17) is 5.41 Å². The number of allylic oxidation sites excluding steroid dienone is 3. The molecule has 118 valence electrons. The fourth-order valence-electron chi connectivity index (χ4n) is 2.36. The van der Waals surface area contributed by atoms with E-state index in [1.54, 1.807) is 0 Å². The van der Waals surface area contributed by atoms with Crippen LogP contribution in [0.25, 0.3) is 11.4 Å². The van der Waals surface area contributed by atoms with Crippen molar-refractivity contribution in [2.75, 3.05) is 0 Å². The number of rotatable bonds is 7. The van der Waals surface area contributed by atoms with Gasteiger partial charge in [0.15, 0.2) is 5.82 Å². The lowest BCUT2D eigenvalue weighted by Crippen LogP contribution is -2.03. The summed E-state index contributed by atoms with van der Waals surface area (Å²) < 4.78 is 0. The Morgan fingerprint density at radius 1 is 1.22 bits per heavy atom. The zero-order valence-electron chi connectivity index (χ0n) is 13.8. The van der Waals surface area contributed by atoms with Gasteiger partial charge in [0.25, 0.3) is 0 Å². The Kier molecular flexibility index (Phi) is 5.98. The SMILES string of the molecule is C=C(/C=C\C)C(=N)Cc1cccc(-c2ncc(CCC)cn2)c1. The quantitative estimate of drug-likeness (QED) is 0.590. The zero-order chi connectivity index (χ0) is 16.7. The van der Waals surface area contributed by atoms with E-state index in [-0.39, 0.29) is 0 Å². The van der Waals surface area contributed by atoms with Crippen LogP contribution in [-0.4, -0.2) is 15.7 Å². The number of hydrogen-bond donors (Lipinski definition) is 1. The van der Waals surface area contributed by atoms with Gasteiger partial charge in [-0.25, -0.2) is 9.97 Å². The van der Waals surface area contributed by atoms with Crippen LogP contribution in [0.1, 0.15) is 31.4 Å². The van der Waals surface area contributed by atoms with Crippen LogP contribution >= 0.6 is 0 Å². The molecule has 1 aromatic carbocycles. The lowest BCUT2D eigenvalue weighted by Gasteiger charge is -2.07. The average Bonchev–Trinajstić information content (AvgIpc) is 2.56. The molecule has 3 heteroatoms. The molecule has 0 aliphatic rings. The minimum absolute atomic E-state index is 0.527. The first-order valence-corrected chi connectivity index (χ1v) is 7.93. The monoisotopic (exact) mass is 305 g/mol. The molecule has 1 aromatic heterocycles. The molecule has 1 N–H and O–H groups in total. The van der Waals surface area contributed by atoms with Crippen LogP contribution in [0.4, 0.5) is 0 Å². The van der Waals surface area contributed by atoms with E-state index in [2.05, 4.69) is 23.5 Å². The predicted molar refractivity (Wildman–Crippen MR) is 96.8 cm³/mol. The van der Waals surface area contributed by atoms with Gasteiger partial charge in [0.05, 0.1) is 0 Å². The van der Waals surface area contributed by atoms with E-state index in [1.807, 2.05) is 55.7 Å². The molecule has 0 aliphatic heterocycles. The van der Waals surface area contributed by atoms with Gasteiger partial charge in [-0.15, -0.1) is 0 Å². The number of nitrogens with one attached hydrogen (secondary N) is 1. The highest BCUT2D eigenvalue weighted by atomic mass is 14.9. The van der Waals surface area contributed by atoms with Gasteiger partial charge in [-0.2, -0.15) is 0 Å². The highest BCUT2D eigenvalue weighted by Crippen LogP contribution is 2.18. The molecule has 2 aromatic rings.